The SMILES string of the molecule is CC1=C(C(=O)OC(C)C)C(c2ccc(Cl)cc2)n2c(sc(=Cc3cccc(OCC(=O)N4CCOCC4)c3)c2=O)=N1. The minimum atomic E-state index is -0.724. The molecule has 2 aromatic carbocycles. The van der Waals surface area contributed by atoms with Crippen LogP contribution in [0.4, 0.5) is 0 Å². The van der Waals surface area contributed by atoms with Gasteiger partial charge in [-0.2, -0.15) is 0 Å². The zero-order valence-electron chi connectivity index (χ0n) is 23.0. The lowest BCUT2D eigenvalue weighted by molar-refractivity contribution is -0.143. The van der Waals surface area contributed by atoms with E-state index in [9.17, 15) is 14.4 Å². The van der Waals surface area contributed by atoms with E-state index in [0.29, 0.717) is 63.2 Å². The van der Waals surface area contributed by atoms with Crippen molar-refractivity contribution in [3.8, 4) is 5.75 Å². The number of nitrogens with zero attached hydrogens (tertiary/aromatic N) is 3. The highest BCUT2D eigenvalue weighted by molar-refractivity contribution is 7.07. The third-order valence-electron chi connectivity index (χ3n) is 6.65. The van der Waals surface area contributed by atoms with Crippen molar-refractivity contribution in [3.63, 3.8) is 0 Å². The largest absolute Gasteiger partial charge is 0.484 e. The second-order valence-electron chi connectivity index (χ2n) is 9.94. The normalized spacial score (nSPS) is 17.3. The maximum atomic E-state index is 13.8. The van der Waals surface area contributed by atoms with Crippen molar-refractivity contribution in [1.29, 1.82) is 0 Å². The van der Waals surface area contributed by atoms with E-state index in [1.165, 1.54) is 15.9 Å². The molecular formula is C30H30ClN3O6S. The maximum absolute atomic E-state index is 13.8. The molecule has 0 spiro atoms. The molecule has 2 aliphatic heterocycles. The standard InChI is InChI=1S/C30H30ClN3O6S/c1-18(2)40-29(37)26-19(3)32-30-34(27(26)21-7-9-22(31)10-8-21)28(36)24(41-30)16-20-5-4-6-23(15-20)39-17-25(35)33-11-13-38-14-12-33/h4-10,15-16,18,27H,11-14,17H2,1-3H3. The number of amides is 1. The smallest absolute Gasteiger partial charge is 0.338 e. The Bertz CT molecular complexity index is 1670. The van der Waals surface area contributed by atoms with Gasteiger partial charge in [0, 0.05) is 18.1 Å². The van der Waals surface area contributed by atoms with Gasteiger partial charge in [-0.25, -0.2) is 9.79 Å². The van der Waals surface area contributed by atoms with Gasteiger partial charge in [-0.1, -0.05) is 47.2 Å². The molecule has 1 aromatic heterocycles. The van der Waals surface area contributed by atoms with Gasteiger partial charge in [0.25, 0.3) is 11.5 Å². The summed E-state index contributed by atoms with van der Waals surface area (Å²) in [5.74, 6) is -0.106. The van der Waals surface area contributed by atoms with E-state index < -0.39 is 12.0 Å². The topological polar surface area (TPSA) is 99.4 Å². The highest BCUT2D eigenvalue weighted by Crippen LogP contribution is 2.31. The molecule has 0 saturated carbocycles. The quantitative estimate of drug-likeness (QED) is 0.389. The zero-order chi connectivity index (χ0) is 29.1. The van der Waals surface area contributed by atoms with Gasteiger partial charge in [-0.05, 0) is 62.2 Å². The van der Waals surface area contributed by atoms with Gasteiger partial charge in [-0.15, -0.1) is 0 Å². The van der Waals surface area contributed by atoms with E-state index in [-0.39, 0.29) is 24.2 Å². The molecule has 1 amide bonds. The highest BCUT2D eigenvalue weighted by Gasteiger charge is 2.33. The van der Waals surface area contributed by atoms with Gasteiger partial charge >= 0.3 is 5.97 Å². The fraction of sp³-hybridized carbons (Fsp3) is 0.333. The number of aromatic nitrogens is 1. The number of esters is 1. The fourth-order valence-electron chi connectivity index (χ4n) is 4.72. The number of fused-ring (bicyclic) bond motifs is 1. The van der Waals surface area contributed by atoms with Crippen molar-refractivity contribution in [2.24, 2.45) is 4.99 Å². The fourth-order valence-corrected chi connectivity index (χ4v) is 5.89. The maximum Gasteiger partial charge on any atom is 0.338 e. The predicted molar refractivity (Wildman–Crippen MR) is 156 cm³/mol. The third-order valence-corrected chi connectivity index (χ3v) is 7.89. The number of hydrogen-bond donors (Lipinski definition) is 0. The Hall–Kier alpha value is -3.73. The monoisotopic (exact) mass is 595 g/mol. The molecule has 9 nitrogen and oxygen atoms in total. The average molecular weight is 596 g/mol. The lowest BCUT2D eigenvalue weighted by Gasteiger charge is -2.26. The minimum Gasteiger partial charge on any atom is -0.484 e. The number of benzene rings is 2. The van der Waals surface area contributed by atoms with Crippen LogP contribution in [-0.2, 0) is 19.1 Å². The molecule has 11 heteroatoms. The van der Waals surface area contributed by atoms with E-state index in [1.54, 1.807) is 74.2 Å². The van der Waals surface area contributed by atoms with Crippen LogP contribution in [0.15, 0.2) is 69.6 Å². The van der Waals surface area contributed by atoms with Gasteiger partial charge in [0.15, 0.2) is 11.4 Å². The summed E-state index contributed by atoms with van der Waals surface area (Å²) in [4.78, 5) is 46.3. The van der Waals surface area contributed by atoms with Crippen LogP contribution in [0.5, 0.6) is 5.75 Å². The first-order valence-corrected chi connectivity index (χ1v) is 14.5. The van der Waals surface area contributed by atoms with Crippen LogP contribution in [0, 0.1) is 0 Å². The number of thiazole rings is 1. The van der Waals surface area contributed by atoms with Gasteiger partial charge in [0.2, 0.25) is 0 Å². The van der Waals surface area contributed by atoms with Gasteiger partial charge in [0.1, 0.15) is 5.75 Å². The molecule has 1 saturated heterocycles. The zero-order valence-corrected chi connectivity index (χ0v) is 24.5. The summed E-state index contributed by atoms with van der Waals surface area (Å²) in [6.07, 6.45) is 1.42. The van der Waals surface area contributed by atoms with Crippen LogP contribution in [-0.4, -0.2) is 60.4 Å². The van der Waals surface area contributed by atoms with E-state index in [1.807, 2.05) is 6.07 Å². The van der Waals surface area contributed by atoms with Crippen LogP contribution in [0.2, 0.25) is 5.02 Å². The molecule has 5 rings (SSSR count). The van der Waals surface area contributed by atoms with E-state index in [0.717, 1.165) is 5.56 Å². The minimum absolute atomic E-state index is 0.0821. The number of morpholine rings is 1. The average Bonchev–Trinajstić information content (AvgIpc) is 3.25. The lowest BCUT2D eigenvalue weighted by Crippen LogP contribution is -2.42. The first kappa shape index (κ1) is 28.8. The Morgan fingerprint density at radius 2 is 1.90 bits per heavy atom. The number of halogens is 1. The second kappa shape index (κ2) is 12.4. The first-order chi connectivity index (χ1) is 19.7. The summed E-state index contributed by atoms with van der Waals surface area (Å²) < 4.78 is 18.6. The molecule has 3 heterocycles. The number of rotatable bonds is 7. The Labute approximate surface area is 245 Å². The summed E-state index contributed by atoms with van der Waals surface area (Å²) in [6, 6.07) is 13.5. The van der Waals surface area contributed by atoms with E-state index in [4.69, 9.17) is 25.8 Å². The predicted octanol–water partition coefficient (Wildman–Crippen LogP) is 3.08. The molecular weight excluding hydrogens is 566 g/mol. The van der Waals surface area contributed by atoms with E-state index in [2.05, 4.69) is 4.99 Å². The van der Waals surface area contributed by atoms with Crippen LogP contribution >= 0.6 is 22.9 Å². The summed E-state index contributed by atoms with van der Waals surface area (Å²) in [5, 5.41) is 0.543. The summed E-state index contributed by atoms with van der Waals surface area (Å²) in [7, 11) is 0. The second-order valence-corrected chi connectivity index (χ2v) is 11.4. The van der Waals surface area contributed by atoms with Gasteiger partial charge in [-0.3, -0.25) is 14.2 Å². The van der Waals surface area contributed by atoms with Crippen molar-refractivity contribution in [2.75, 3.05) is 32.9 Å². The summed E-state index contributed by atoms with van der Waals surface area (Å²) in [6.45, 7) is 7.37. The van der Waals surface area contributed by atoms with Crippen molar-refractivity contribution < 1.29 is 23.8 Å². The van der Waals surface area contributed by atoms with Crippen molar-refractivity contribution in [1.82, 2.24) is 9.47 Å². The molecule has 0 N–H and O–H groups in total. The van der Waals surface area contributed by atoms with Crippen molar-refractivity contribution in [2.45, 2.75) is 32.9 Å². The Kier molecular flexibility index (Phi) is 8.72. The molecule has 2 aliphatic rings. The number of ether oxygens (including phenoxy) is 3. The summed E-state index contributed by atoms with van der Waals surface area (Å²) >= 11 is 7.37. The molecule has 3 aromatic rings. The molecule has 214 valence electrons. The number of carbonyl (C=O) groups excluding carboxylic acids is 2. The summed E-state index contributed by atoms with van der Waals surface area (Å²) in [5.41, 5.74) is 1.95. The third kappa shape index (κ3) is 6.45. The molecule has 1 atom stereocenters. The molecule has 0 radical (unpaired) electrons. The molecule has 0 aliphatic carbocycles. The van der Waals surface area contributed by atoms with Gasteiger partial charge < -0.3 is 19.1 Å². The first-order valence-electron chi connectivity index (χ1n) is 13.3. The highest BCUT2D eigenvalue weighted by atomic mass is 35.5. The lowest BCUT2D eigenvalue weighted by atomic mass is 9.96. The van der Waals surface area contributed by atoms with Gasteiger partial charge in [0.05, 0.1) is 41.2 Å². The number of hydrogen-bond acceptors (Lipinski definition) is 8. The molecule has 41 heavy (non-hydrogen) atoms. The van der Waals surface area contributed by atoms with Crippen LogP contribution in [0.3, 0.4) is 0 Å². The van der Waals surface area contributed by atoms with Crippen LogP contribution in [0.1, 0.15) is 37.9 Å². The van der Waals surface area contributed by atoms with Crippen molar-refractivity contribution >= 4 is 40.9 Å². The molecule has 1 unspecified atom stereocenters. The van der Waals surface area contributed by atoms with Crippen LogP contribution in [0.25, 0.3) is 6.08 Å². The number of allylic oxidation sites excluding steroid dienone is 1. The number of carbonyl (C=O) groups is 2. The van der Waals surface area contributed by atoms with Crippen LogP contribution < -0.4 is 19.6 Å². The molecule has 1 fully saturated rings. The van der Waals surface area contributed by atoms with E-state index >= 15 is 0 Å². The van der Waals surface area contributed by atoms with Crippen molar-refractivity contribution in [3.05, 3.63) is 95.6 Å². The Balaban J connectivity index is 1.48. The Morgan fingerprint density at radius 3 is 2.61 bits per heavy atom. The Morgan fingerprint density at radius 1 is 1.17 bits per heavy atom. The molecule has 0 bridgehead atoms.